The molecule has 12 heteroatoms. The average molecular weight is 596 g/mol. The van der Waals surface area contributed by atoms with E-state index < -0.39 is 40.7 Å². The highest BCUT2D eigenvalue weighted by Crippen LogP contribution is 2.57. The molecule has 0 aliphatic heterocycles. The second-order valence-corrected chi connectivity index (χ2v) is 12.9. The number of hydrogen-bond acceptors (Lipinski definition) is 6. The SMILES string of the molecule is CC(C)(O)C(O)c1cnc(C2(O)C3CC[C@H]2CC(Sc2cc(C(=O)Nc4cc(F)c(F)c(F)c4)ccc2Cl)C3)[nH]1. The van der Waals surface area contributed by atoms with E-state index in [1.165, 1.54) is 37.9 Å². The Morgan fingerprint density at radius 2 is 1.80 bits per heavy atom. The molecule has 1 aromatic heterocycles. The summed E-state index contributed by atoms with van der Waals surface area (Å²) in [5.74, 6) is -4.89. The molecule has 0 radical (unpaired) electrons. The predicted molar refractivity (Wildman–Crippen MR) is 145 cm³/mol. The van der Waals surface area contributed by atoms with Crippen molar-refractivity contribution in [3.05, 3.63) is 76.1 Å². The molecule has 4 unspecified atom stereocenters. The molecule has 2 aromatic carbocycles. The molecule has 2 bridgehead atoms. The Hall–Kier alpha value is -2.57. The van der Waals surface area contributed by atoms with Gasteiger partial charge in [0.05, 0.1) is 22.5 Å². The zero-order chi connectivity index (χ0) is 29.0. The average Bonchev–Trinajstić information content (AvgIpc) is 3.42. The van der Waals surface area contributed by atoms with E-state index in [1.54, 1.807) is 12.1 Å². The number of imidazole rings is 1. The number of nitrogens with zero attached hydrogens (tertiary/aromatic N) is 1. The van der Waals surface area contributed by atoms with Crippen molar-refractivity contribution in [1.82, 2.24) is 9.97 Å². The molecule has 3 aromatic rings. The third-order valence-corrected chi connectivity index (χ3v) is 9.62. The molecule has 0 saturated heterocycles. The van der Waals surface area contributed by atoms with Crippen LogP contribution in [0.25, 0.3) is 0 Å². The van der Waals surface area contributed by atoms with Gasteiger partial charge in [-0.3, -0.25) is 4.79 Å². The normalized spacial score (nSPS) is 25.2. The number of rotatable bonds is 7. The first-order valence-corrected chi connectivity index (χ1v) is 14.1. The Morgan fingerprint density at radius 3 is 2.40 bits per heavy atom. The van der Waals surface area contributed by atoms with Crippen molar-refractivity contribution in [2.24, 2.45) is 11.8 Å². The maximum absolute atomic E-state index is 13.6. The van der Waals surface area contributed by atoms with Crippen molar-refractivity contribution >= 4 is 35.0 Å². The van der Waals surface area contributed by atoms with Gasteiger partial charge in [0.1, 0.15) is 17.5 Å². The molecule has 5 N–H and O–H groups in total. The maximum atomic E-state index is 13.6. The minimum atomic E-state index is -1.62. The van der Waals surface area contributed by atoms with E-state index in [-0.39, 0.29) is 28.3 Å². The number of aromatic amines is 1. The van der Waals surface area contributed by atoms with Gasteiger partial charge in [0.15, 0.2) is 17.5 Å². The highest BCUT2D eigenvalue weighted by Gasteiger charge is 2.56. The van der Waals surface area contributed by atoms with E-state index in [0.717, 1.165) is 12.8 Å². The summed E-state index contributed by atoms with van der Waals surface area (Å²) in [6.45, 7) is 2.98. The second kappa shape index (κ2) is 10.7. The van der Waals surface area contributed by atoms with Crippen LogP contribution in [-0.2, 0) is 5.60 Å². The Labute approximate surface area is 238 Å². The highest BCUT2D eigenvalue weighted by atomic mass is 35.5. The summed E-state index contributed by atoms with van der Waals surface area (Å²) in [5.41, 5.74) is -2.25. The smallest absolute Gasteiger partial charge is 0.255 e. The summed E-state index contributed by atoms with van der Waals surface area (Å²) in [6, 6.07) is 6.05. The molecule has 40 heavy (non-hydrogen) atoms. The number of H-pyrrole nitrogens is 1. The van der Waals surface area contributed by atoms with Crippen molar-refractivity contribution in [3.63, 3.8) is 0 Å². The van der Waals surface area contributed by atoms with Gasteiger partial charge in [-0.2, -0.15) is 0 Å². The molecule has 7 nitrogen and oxygen atoms in total. The maximum Gasteiger partial charge on any atom is 0.255 e. The van der Waals surface area contributed by atoms with Crippen LogP contribution in [0.3, 0.4) is 0 Å². The van der Waals surface area contributed by atoms with Crippen molar-refractivity contribution in [3.8, 4) is 0 Å². The quantitative estimate of drug-likeness (QED) is 0.224. The zero-order valence-electron chi connectivity index (χ0n) is 21.7. The standard InChI is InChI=1S/C28H29ClF3N3O4S/c1-27(2,38)24(36)21-12-33-26(35-21)28(39)14-4-5-15(28)9-17(8-14)40-22-7-13(3-6-18(22)29)25(37)34-16-10-19(30)23(32)20(31)11-16/h3,6-7,10-12,14-15,17,24,36,38-39H,4-5,8-9H2,1-2H3,(H,33,35)(H,34,37)/t14-,15?,17?,24?,28?/m0/s1. The van der Waals surface area contributed by atoms with Gasteiger partial charge in [0, 0.05) is 33.5 Å². The van der Waals surface area contributed by atoms with Gasteiger partial charge < -0.3 is 25.6 Å². The fraction of sp³-hybridized carbons (Fsp3) is 0.429. The van der Waals surface area contributed by atoms with Crippen LogP contribution < -0.4 is 5.32 Å². The molecular weight excluding hydrogens is 567 g/mol. The number of benzene rings is 2. The number of anilines is 1. The lowest BCUT2D eigenvalue weighted by atomic mass is 9.74. The first-order valence-electron chi connectivity index (χ1n) is 12.9. The van der Waals surface area contributed by atoms with Crippen LogP contribution in [0.5, 0.6) is 0 Å². The molecule has 1 amide bonds. The van der Waals surface area contributed by atoms with E-state index in [2.05, 4.69) is 15.3 Å². The Bertz CT molecular complexity index is 1410. The number of thioether (sulfide) groups is 1. The van der Waals surface area contributed by atoms with Gasteiger partial charge in [-0.05, 0) is 69.6 Å². The van der Waals surface area contributed by atoms with Crippen LogP contribution >= 0.6 is 23.4 Å². The summed E-state index contributed by atoms with van der Waals surface area (Å²) >= 11 is 7.94. The molecule has 5 rings (SSSR count). The second-order valence-electron chi connectivity index (χ2n) is 11.1. The first-order chi connectivity index (χ1) is 18.8. The molecule has 214 valence electrons. The number of carbonyl (C=O) groups excluding carboxylic acids is 1. The van der Waals surface area contributed by atoms with Gasteiger partial charge in [0.2, 0.25) is 0 Å². The third-order valence-electron chi connectivity index (χ3n) is 7.87. The number of aromatic nitrogens is 2. The van der Waals surface area contributed by atoms with Crippen LogP contribution in [0.4, 0.5) is 18.9 Å². The monoisotopic (exact) mass is 595 g/mol. The van der Waals surface area contributed by atoms with E-state index in [4.69, 9.17) is 11.6 Å². The Morgan fingerprint density at radius 1 is 1.18 bits per heavy atom. The summed E-state index contributed by atoms with van der Waals surface area (Å²) < 4.78 is 40.4. The number of fused-ring (bicyclic) bond motifs is 2. The van der Waals surface area contributed by atoms with Crippen LogP contribution in [0.2, 0.25) is 5.02 Å². The van der Waals surface area contributed by atoms with Gasteiger partial charge in [-0.1, -0.05) is 11.6 Å². The molecular formula is C28H29ClF3N3O4S. The predicted octanol–water partition coefficient (Wildman–Crippen LogP) is 5.71. The molecule has 5 atom stereocenters. The minimum absolute atomic E-state index is 0.0882. The van der Waals surface area contributed by atoms with Crippen molar-refractivity contribution in [2.75, 3.05) is 5.32 Å². The van der Waals surface area contributed by atoms with Crippen LogP contribution in [0.1, 0.15) is 67.5 Å². The summed E-state index contributed by atoms with van der Waals surface area (Å²) in [6.07, 6.45) is 3.16. The molecule has 1 heterocycles. The topological polar surface area (TPSA) is 118 Å². The molecule has 2 aliphatic carbocycles. The molecule has 2 fully saturated rings. The number of aliphatic hydroxyl groups excluding tert-OH is 1. The summed E-state index contributed by atoms with van der Waals surface area (Å²) in [5, 5.41) is 35.3. The van der Waals surface area contributed by atoms with Gasteiger partial charge in [-0.15, -0.1) is 11.8 Å². The minimum Gasteiger partial charge on any atom is -0.387 e. The highest BCUT2D eigenvalue weighted by molar-refractivity contribution is 8.00. The molecule has 2 aliphatic rings. The van der Waals surface area contributed by atoms with E-state index in [0.29, 0.717) is 46.4 Å². The molecule has 2 saturated carbocycles. The molecule has 0 spiro atoms. The van der Waals surface area contributed by atoms with Crippen LogP contribution in [-0.4, -0.2) is 42.0 Å². The van der Waals surface area contributed by atoms with Crippen LogP contribution in [0, 0.1) is 29.3 Å². The lowest BCUT2D eigenvalue weighted by molar-refractivity contribution is -0.0722. The van der Waals surface area contributed by atoms with Crippen molar-refractivity contribution in [2.45, 2.75) is 67.0 Å². The number of nitrogens with one attached hydrogen (secondary N) is 2. The lowest BCUT2D eigenvalue weighted by Crippen LogP contribution is -2.44. The largest absolute Gasteiger partial charge is 0.387 e. The van der Waals surface area contributed by atoms with E-state index >= 15 is 0 Å². The fourth-order valence-corrected chi connectivity index (χ4v) is 7.43. The van der Waals surface area contributed by atoms with Crippen LogP contribution in [0.15, 0.2) is 41.4 Å². The van der Waals surface area contributed by atoms with Crippen molar-refractivity contribution < 1.29 is 33.3 Å². The fourth-order valence-electron chi connectivity index (χ4n) is 5.79. The number of aliphatic hydroxyl groups is 3. The zero-order valence-corrected chi connectivity index (χ0v) is 23.3. The van der Waals surface area contributed by atoms with Crippen molar-refractivity contribution in [1.29, 1.82) is 0 Å². The summed E-state index contributed by atoms with van der Waals surface area (Å²) in [7, 11) is 0. The van der Waals surface area contributed by atoms with E-state index in [1.807, 2.05) is 0 Å². The number of amides is 1. The summed E-state index contributed by atoms with van der Waals surface area (Å²) in [4.78, 5) is 20.8. The van der Waals surface area contributed by atoms with Gasteiger partial charge >= 0.3 is 0 Å². The van der Waals surface area contributed by atoms with Gasteiger partial charge in [-0.25, -0.2) is 18.2 Å². The van der Waals surface area contributed by atoms with Gasteiger partial charge in [0.25, 0.3) is 5.91 Å². The number of halogens is 4. The van der Waals surface area contributed by atoms with E-state index in [9.17, 15) is 33.3 Å². The lowest BCUT2D eigenvalue weighted by Gasteiger charge is -2.41. The number of hydrogen-bond donors (Lipinski definition) is 5. The Kier molecular flexibility index (Phi) is 7.73. The Balaban J connectivity index is 1.30. The first kappa shape index (κ1) is 28.9. The number of carbonyl (C=O) groups is 1. The third kappa shape index (κ3) is 5.37.